The molecule has 0 rings (SSSR count). The summed E-state index contributed by atoms with van der Waals surface area (Å²) in [5.74, 6) is 0.631. The summed E-state index contributed by atoms with van der Waals surface area (Å²) in [5.41, 5.74) is 1.25. The van der Waals surface area contributed by atoms with Crippen molar-refractivity contribution in [1.82, 2.24) is 15.5 Å². The zero-order valence-corrected chi connectivity index (χ0v) is 14.8. The molecule has 0 aromatic carbocycles. The maximum absolute atomic E-state index is 11.9. The fourth-order valence-corrected chi connectivity index (χ4v) is 2.43. The van der Waals surface area contributed by atoms with Gasteiger partial charge in [-0.2, -0.15) is 0 Å². The van der Waals surface area contributed by atoms with E-state index in [9.17, 15) is 4.79 Å². The first-order valence-corrected chi connectivity index (χ1v) is 8.42. The van der Waals surface area contributed by atoms with E-state index >= 15 is 0 Å². The first-order valence-electron chi connectivity index (χ1n) is 8.42. The Morgan fingerprint density at radius 3 is 2.33 bits per heavy atom. The lowest BCUT2D eigenvalue weighted by molar-refractivity contribution is -0.121. The van der Waals surface area contributed by atoms with Gasteiger partial charge in [0.05, 0.1) is 6.54 Å². The van der Waals surface area contributed by atoms with Gasteiger partial charge in [-0.05, 0) is 25.8 Å². The zero-order chi connectivity index (χ0) is 16.3. The fraction of sp³-hybridized carbons (Fsp3) is 0.824. The van der Waals surface area contributed by atoms with Gasteiger partial charge >= 0.3 is 0 Å². The Labute approximate surface area is 131 Å². The van der Waals surface area contributed by atoms with Crippen molar-refractivity contribution in [3.8, 4) is 0 Å². The molecule has 0 saturated carbocycles. The number of carbonyl (C=O) groups is 1. The van der Waals surface area contributed by atoms with Crippen molar-refractivity contribution >= 4 is 5.91 Å². The van der Waals surface area contributed by atoms with Gasteiger partial charge in [0, 0.05) is 25.3 Å². The molecule has 4 heteroatoms. The molecule has 0 saturated heterocycles. The molecule has 124 valence electrons. The summed E-state index contributed by atoms with van der Waals surface area (Å²) in [6.07, 6.45) is 5.58. The van der Waals surface area contributed by atoms with Crippen LogP contribution in [-0.4, -0.2) is 43.5 Å². The van der Waals surface area contributed by atoms with Gasteiger partial charge < -0.3 is 15.5 Å². The van der Waals surface area contributed by atoms with Crippen LogP contribution in [0.1, 0.15) is 53.9 Å². The van der Waals surface area contributed by atoms with E-state index in [0.29, 0.717) is 25.0 Å². The molecule has 0 heterocycles. The van der Waals surface area contributed by atoms with Crippen LogP contribution >= 0.6 is 0 Å². The Bertz CT molecular complexity index is 315. The molecule has 0 aliphatic heterocycles. The second-order valence-electron chi connectivity index (χ2n) is 5.65. The van der Waals surface area contributed by atoms with E-state index in [4.69, 9.17) is 0 Å². The molecule has 1 amide bonds. The molecule has 0 fully saturated rings. The third-order valence-corrected chi connectivity index (χ3v) is 3.79. The number of nitrogens with zero attached hydrogens (tertiary/aromatic N) is 1. The summed E-state index contributed by atoms with van der Waals surface area (Å²) in [4.78, 5) is 13.9. The third kappa shape index (κ3) is 7.51. The van der Waals surface area contributed by atoms with Crippen molar-refractivity contribution in [3.63, 3.8) is 0 Å². The first-order chi connectivity index (χ1) is 10.0. The van der Waals surface area contributed by atoms with E-state index in [2.05, 4.69) is 49.3 Å². The quantitative estimate of drug-likeness (QED) is 0.616. The molecule has 2 atom stereocenters. The van der Waals surface area contributed by atoms with Crippen LogP contribution in [0.5, 0.6) is 0 Å². The van der Waals surface area contributed by atoms with Gasteiger partial charge in [-0.3, -0.25) is 4.79 Å². The normalized spacial score (nSPS) is 14.7. The van der Waals surface area contributed by atoms with Crippen molar-refractivity contribution in [2.24, 2.45) is 5.92 Å². The van der Waals surface area contributed by atoms with Gasteiger partial charge in [0.25, 0.3) is 0 Å². The van der Waals surface area contributed by atoms with Crippen molar-refractivity contribution in [1.29, 1.82) is 0 Å². The zero-order valence-electron chi connectivity index (χ0n) is 14.8. The Morgan fingerprint density at radius 1 is 1.19 bits per heavy atom. The number of rotatable bonds is 11. The number of unbranched alkanes of at least 4 members (excludes halogenated alkanes) is 1. The summed E-state index contributed by atoms with van der Waals surface area (Å²) >= 11 is 0. The number of nitrogens with one attached hydrogen (secondary N) is 2. The summed E-state index contributed by atoms with van der Waals surface area (Å²) in [6.45, 7) is 12.8. The Balaban J connectivity index is 5.09. The minimum Gasteiger partial charge on any atom is -0.368 e. The molecular weight excluding hydrogens is 262 g/mol. The predicted molar refractivity (Wildman–Crippen MR) is 91.2 cm³/mol. The molecule has 0 aromatic rings. The van der Waals surface area contributed by atoms with Crippen molar-refractivity contribution in [2.45, 2.75) is 59.9 Å². The van der Waals surface area contributed by atoms with Crippen LogP contribution in [0.2, 0.25) is 0 Å². The van der Waals surface area contributed by atoms with Crippen LogP contribution in [0.3, 0.4) is 0 Å². The van der Waals surface area contributed by atoms with E-state index in [-0.39, 0.29) is 5.91 Å². The number of likely N-dealkylation sites (N-methyl/N-ethyl adjacent to an activating group) is 3. The molecule has 21 heavy (non-hydrogen) atoms. The maximum Gasteiger partial charge on any atom is 0.239 e. The van der Waals surface area contributed by atoms with Gasteiger partial charge in [0.1, 0.15) is 0 Å². The number of hydrogen-bond donors (Lipinski definition) is 2. The minimum atomic E-state index is 0.0850. The molecular formula is C17H35N3O. The lowest BCUT2D eigenvalue weighted by Gasteiger charge is -2.33. The van der Waals surface area contributed by atoms with Gasteiger partial charge in [-0.25, -0.2) is 0 Å². The lowest BCUT2D eigenvalue weighted by Crippen LogP contribution is -2.44. The van der Waals surface area contributed by atoms with E-state index in [1.165, 1.54) is 5.70 Å². The van der Waals surface area contributed by atoms with E-state index in [0.717, 1.165) is 25.8 Å². The summed E-state index contributed by atoms with van der Waals surface area (Å²) in [6, 6.07) is 0.311. The smallest absolute Gasteiger partial charge is 0.239 e. The Hall–Kier alpha value is -1.03. The highest BCUT2D eigenvalue weighted by molar-refractivity contribution is 5.78. The number of carbonyl (C=O) groups excluding carboxylic acids is 1. The van der Waals surface area contributed by atoms with Crippen LogP contribution in [-0.2, 0) is 4.79 Å². The average Bonchev–Trinajstić information content (AvgIpc) is 2.45. The SMILES string of the molecule is CCC/C=C(\C(NCC)C(C)CC)N(C)CC(=O)NCC. The lowest BCUT2D eigenvalue weighted by atomic mass is 9.94. The highest BCUT2D eigenvalue weighted by Crippen LogP contribution is 2.19. The first kappa shape index (κ1) is 20.0. The van der Waals surface area contributed by atoms with Crippen molar-refractivity contribution in [2.75, 3.05) is 26.7 Å². The van der Waals surface area contributed by atoms with E-state index in [1.54, 1.807) is 0 Å². The van der Waals surface area contributed by atoms with Crippen molar-refractivity contribution < 1.29 is 4.79 Å². The topological polar surface area (TPSA) is 44.4 Å². The average molecular weight is 297 g/mol. The molecule has 0 spiro atoms. The molecule has 0 aromatic heterocycles. The van der Waals surface area contributed by atoms with E-state index < -0.39 is 0 Å². The summed E-state index contributed by atoms with van der Waals surface area (Å²) in [5, 5.41) is 6.46. The van der Waals surface area contributed by atoms with Gasteiger partial charge in [-0.15, -0.1) is 0 Å². The molecule has 0 bridgehead atoms. The second-order valence-corrected chi connectivity index (χ2v) is 5.65. The second kappa shape index (κ2) is 11.6. The van der Waals surface area contributed by atoms with Crippen molar-refractivity contribution in [3.05, 3.63) is 11.8 Å². The van der Waals surface area contributed by atoms with Gasteiger partial charge in [0.15, 0.2) is 0 Å². The van der Waals surface area contributed by atoms with Gasteiger partial charge in [-0.1, -0.05) is 46.6 Å². The molecule has 4 nitrogen and oxygen atoms in total. The van der Waals surface area contributed by atoms with Crippen LogP contribution in [0.15, 0.2) is 11.8 Å². The Kier molecular flexibility index (Phi) is 11.0. The molecule has 0 aliphatic carbocycles. The monoisotopic (exact) mass is 297 g/mol. The van der Waals surface area contributed by atoms with Crippen LogP contribution < -0.4 is 10.6 Å². The van der Waals surface area contributed by atoms with E-state index in [1.807, 2.05) is 14.0 Å². The summed E-state index contributed by atoms with van der Waals surface area (Å²) < 4.78 is 0. The molecule has 0 aliphatic rings. The highest BCUT2D eigenvalue weighted by Gasteiger charge is 2.23. The largest absolute Gasteiger partial charge is 0.368 e. The molecule has 2 unspecified atom stereocenters. The highest BCUT2D eigenvalue weighted by atomic mass is 16.2. The molecule has 2 N–H and O–H groups in total. The number of allylic oxidation sites excluding steroid dienone is 1. The van der Waals surface area contributed by atoms with Crippen LogP contribution in [0, 0.1) is 5.92 Å². The Morgan fingerprint density at radius 2 is 1.86 bits per heavy atom. The van der Waals surface area contributed by atoms with Crippen LogP contribution in [0.4, 0.5) is 0 Å². The summed E-state index contributed by atoms with van der Waals surface area (Å²) in [7, 11) is 2.02. The number of hydrogen-bond acceptors (Lipinski definition) is 3. The maximum atomic E-state index is 11.9. The number of amides is 1. The standard InChI is InChI=1S/C17H35N3O/c1-7-11-12-15(17(19-10-4)14(5)8-2)20(6)13-16(21)18-9-3/h12,14,17,19H,7-11,13H2,1-6H3,(H,18,21)/b15-12+. The van der Waals surface area contributed by atoms with Gasteiger partial charge in [0.2, 0.25) is 5.91 Å². The van der Waals surface area contributed by atoms with Crippen LogP contribution in [0.25, 0.3) is 0 Å². The predicted octanol–water partition coefficient (Wildman–Crippen LogP) is 2.76. The molecule has 0 radical (unpaired) electrons. The third-order valence-electron chi connectivity index (χ3n) is 3.79. The minimum absolute atomic E-state index is 0.0850. The fourth-order valence-electron chi connectivity index (χ4n) is 2.43.